The van der Waals surface area contributed by atoms with Crippen LogP contribution in [0.3, 0.4) is 0 Å². The molecule has 0 fully saturated rings. The van der Waals surface area contributed by atoms with Crippen LogP contribution in [-0.2, 0) is 5.48 Å². The van der Waals surface area contributed by atoms with Crippen molar-refractivity contribution in [2.24, 2.45) is 0 Å². The third kappa shape index (κ3) is 28.1. The zero-order chi connectivity index (χ0) is 4.71. The largest absolute Gasteiger partial charge is 0.516 e. The molecule has 6 heavy (non-hydrogen) atoms. The highest BCUT2D eigenvalue weighted by Crippen LogP contribution is 1.26. The highest BCUT2D eigenvalue weighted by molar-refractivity contribution is 4.38. The quantitative estimate of drug-likeness (QED) is 0.353. The molecule has 0 unspecified atom stereocenters. The topological polar surface area (TPSA) is 48.7 Å². The van der Waals surface area contributed by atoms with Crippen LogP contribution in [0.5, 0.6) is 0 Å². The molecule has 0 aliphatic heterocycles. The Morgan fingerprint density at radius 2 is 1.33 bits per heavy atom. The fraction of sp³-hybridized carbons (Fsp3) is 0. The molecular formula is C4H8O2. The fourth-order valence-electron chi connectivity index (χ4n) is 0. The minimum atomic E-state index is 0. The van der Waals surface area contributed by atoms with Crippen LogP contribution in [0.2, 0.25) is 0 Å². The molecule has 0 atom stereocenters. The predicted octanol–water partition coefficient (Wildman–Crippen LogP) is 1.37. The summed E-state index contributed by atoms with van der Waals surface area (Å²) in [6.07, 6.45) is 0.750. The van der Waals surface area contributed by atoms with Gasteiger partial charge in [-0.1, -0.05) is 6.58 Å². The summed E-state index contributed by atoms with van der Waals surface area (Å²) in [5, 5.41) is 7.33. The lowest BCUT2D eigenvalue weighted by molar-refractivity contribution is 0.476. The lowest BCUT2D eigenvalue weighted by atomic mass is 11.2. The van der Waals surface area contributed by atoms with Crippen molar-refractivity contribution in [3.8, 4) is 0 Å². The molecule has 0 saturated heterocycles. The summed E-state index contributed by atoms with van der Waals surface area (Å²) in [6.45, 7) is 8.92. The van der Waals surface area contributed by atoms with Crippen LogP contribution in [0.25, 0.3) is 0 Å². The van der Waals surface area contributed by atoms with E-state index in [1.807, 2.05) is 0 Å². The van der Waals surface area contributed by atoms with E-state index in [0.717, 1.165) is 6.26 Å². The molecule has 0 aliphatic carbocycles. The maximum Gasteiger partial charge on any atom is 0.0719 e. The molecular weight excluding hydrogens is 80.0 g/mol. The molecule has 0 aliphatic rings. The van der Waals surface area contributed by atoms with Crippen LogP contribution in [0.4, 0.5) is 0 Å². The number of hydrogen-bond acceptors (Lipinski definition) is 1. The smallest absolute Gasteiger partial charge is 0.0719 e. The van der Waals surface area contributed by atoms with Gasteiger partial charge in [0, 0.05) is 5.48 Å². The standard InChI is InChI=1S/C2H4O.C2H4.O/c1-2-3;1-2;/h2-3H,1H2;1-2H2;. The van der Waals surface area contributed by atoms with Gasteiger partial charge in [0.05, 0.1) is 6.26 Å². The molecule has 0 aromatic heterocycles. The van der Waals surface area contributed by atoms with Gasteiger partial charge in [-0.2, -0.15) is 0 Å². The lowest BCUT2D eigenvalue weighted by Crippen LogP contribution is -1.25. The molecule has 0 aromatic rings. The van der Waals surface area contributed by atoms with E-state index < -0.39 is 0 Å². The number of rotatable bonds is 0. The molecule has 0 spiro atoms. The minimum Gasteiger partial charge on any atom is -0.516 e. The van der Waals surface area contributed by atoms with Crippen LogP contribution >= 0.6 is 0 Å². The number of aliphatic hydroxyl groups excluding tert-OH is 1. The van der Waals surface area contributed by atoms with Crippen LogP contribution in [0, 0.1) is 0 Å². The van der Waals surface area contributed by atoms with Crippen LogP contribution in [-0.4, -0.2) is 5.11 Å². The molecule has 0 aromatic carbocycles. The summed E-state index contributed by atoms with van der Waals surface area (Å²) in [5.41, 5.74) is 0. The van der Waals surface area contributed by atoms with E-state index in [9.17, 15) is 0 Å². The van der Waals surface area contributed by atoms with Gasteiger partial charge in [0.2, 0.25) is 0 Å². The van der Waals surface area contributed by atoms with Crippen LogP contribution < -0.4 is 0 Å². The highest BCUT2D eigenvalue weighted by atomic mass is 16.2. The second-order valence-corrected chi connectivity index (χ2v) is 0.183. The van der Waals surface area contributed by atoms with Crippen molar-refractivity contribution >= 4 is 0 Å². The molecule has 1 N–H and O–H groups in total. The first kappa shape index (κ1) is 18.8. The van der Waals surface area contributed by atoms with Gasteiger partial charge >= 0.3 is 0 Å². The Morgan fingerprint density at radius 1 is 1.33 bits per heavy atom. The third-order valence-electron chi connectivity index (χ3n) is 0. The average Bonchev–Trinajstić information content (AvgIpc) is 1.46. The molecule has 2 nitrogen and oxygen atoms in total. The summed E-state index contributed by atoms with van der Waals surface area (Å²) >= 11 is 0. The zero-order valence-corrected chi connectivity index (χ0v) is 3.55. The minimum absolute atomic E-state index is 0. The first-order valence-corrected chi connectivity index (χ1v) is 1.17. The maximum absolute atomic E-state index is 7.33. The molecule has 0 bridgehead atoms. The van der Waals surface area contributed by atoms with Crippen molar-refractivity contribution in [2.75, 3.05) is 0 Å². The van der Waals surface area contributed by atoms with E-state index in [-0.39, 0.29) is 5.48 Å². The number of hydrogen-bond donors (Lipinski definition) is 1. The first-order valence-electron chi connectivity index (χ1n) is 1.17. The monoisotopic (exact) mass is 88.1 g/mol. The van der Waals surface area contributed by atoms with Gasteiger partial charge in [-0.05, 0) is 0 Å². The highest BCUT2D eigenvalue weighted by Gasteiger charge is 1.11. The fourth-order valence-corrected chi connectivity index (χ4v) is 0. The van der Waals surface area contributed by atoms with Gasteiger partial charge in [-0.3, -0.25) is 0 Å². The van der Waals surface area contributed by atoms with Crippen molar-refractivity contribution in [3.05, 3.63) is 26.0 Å². The number of aliphatic hydroxyl groups is 1. The molecule has 2 heteroatoms. The second-order valence-electron chi connectivity index (χ2n) is 0.183. The van der Waals surface area contributed by atoms with E-state index >= 15 is 0 Å². The van der Waals surface area contributed by atoms with Gasteiger partial charge in [-0.25, -0.2) is 0 Å². The molecule has 0 saturated carbocycles. The van der Waals surface area contributed by atoms with E-state index in [1.54, 1.807) is 0 Å². The summed E-state index contributed by atoms with van der Waals surface area (Å²) < 4.78 is 0. The van der Waals surface area contributed by atoms with E-state index in [4.69, 9.17) is 5.11 Å². The van der Waals surface area contributed by atoms with Gasteiger partial charge < -0.3 is 5.11 Å². The van der Waals surface area contributed by atoms with Crippen molar-refractivity contribution in [2.45, 2.75) is 0 Å². The first-order chi connectivity index (χ1) is 2.41. The van der Waals surface area contributed by atoms with E-state index in [1.165, 1.54) is 0 Å². The van der Waals surface area contributed by atoms with E-state index in [0.29, 0.717) is 0 Å². The van der Waals surface area contributed by atoms with Crippen molar-refractivity contribution in [1.82, 2.24) is 0 Å². The summed E-state index contributed by atoms with van der Waals surface area (Å²) in [5.74, 6) is 0. The van der Waals surface area contributed by atoms with Gasteiger partial charge in [0.15, 0.2) is 0 Å². The normalized spacial score (nSPS) is 2.67. The van der Waals surface area contributed by atoms with Crippen LogP contribution in [0.1, 0.15) is 0 Å². The molecule has 0 amide bonds. The van der Waals surface area contributed by atoms with E-state index in [2.05, 4.69) is 19.7 Å². The van der Waals surface area contributed by atoms with Gasteiger partial charge in [0.1, 0.15) is 0 Å². The Hall–Kier alpha value is -0.760. The van der Waals surface area contributed by atoms with Crippen molar-refractivity contribution in [1.29, 1.82) is 0 Å². The Labute approximate surface area is 37.7 Å². The predicted molar refractivity (Wildman–Crippen MR) is 24.8 cm³/mol. The Kier molecular flexibility index (Phi) is 2420. The zero-order valence-electron chi connectivity index (χ0n) is 3.55. The molecule has 0 rings (SSSR count). The van der Waals surface area contributed by atoms with Gasteiger partial charge in [-0.15, -0.1) is 13.2 Å². The lowest BCUT2D eigenvalue weighted by Gasteiger charge is -1.41. The summed E-state index contributed by atoms with van der Waals surface area (Å²) in [4.78, 5) is 0. The maximum atomic E-state index is 7.33. The Morgan fingerprint density at radius 3 is 1.33 bits per heavy atom. The Balaban J connectivity index is -0.0000000275. The molecule has 36 valence electrons. The van der Waals surface area contributed by atoms with Gasteiger partial charge in [0.25, 0.3) is 0 Å². The molecule has 2 radical (unpaired) electrons. The second kappa shape index (κ2) is 773. The molecule has 0 heterocycles. The third-order valence-corrected chi connectivity index (χ3v) is 0. The SMILES string of the molecule is C=C.C=CO.[O]. The van der Waals surface area contributed by atoms with Crippen molar-refractivity contribution in [3.63, 3.8) is 0 Å². The van der Waals surface area contributed by atoms with Crippen LogP contribution in [0.15, 0.2) is 26.0 Å². The van der Waals surface area contributed by atoms with Crippen molar-refractivity contribution < 1.29 is 10.6 Å². The Bertz CT molecular complexity index is 19.5. The summed E-state index contributed by atoms with van der Waals surface area (Å²) in [6, 6.07) is 0. The summed E-state index contributed by atoms with van der Waals surface area (Å²) in [7, 11) is 0. The average molecular weight is 88.1 g/mol.